The first-order valence-electron chi connectivity index (χ1n) is 6.07. The lowest BCUT2D eigenvalue weighted by Crippen LogP contribution is -2.19. The van der Waals surface area contributed by atoms with Gasteiger partial charge in [-0.05, 0) is 48.9 Å². The molecule has 2 aromatic carbocycles. The van der Waals surface area contributed by atoms with E-state index in [9.17, 15) is 8.78 Å². The van der Waals surface area contributed by atoms with E-state index in [1.165, 1.54) is 6.07 Å². The highest BCUT2D eigenvalue weighted by Crippen LogP contribution is 2.26. The molecular formula is C15H13Cl2F2N. The Bertz CT molecular complexity index is 597. The molecule has 2 rings (SSSR count). The second-order valence-electron chi connectivity index (χ2n) is 4.46. The largest absolute Gasteiger partial charge is 0.313 e. The Hall–Kier alpha value is -1.16. The van der Waals surface area contributed by atoms with Crippen molar-refractivity contribution < 1.29 is 8.78 Å². The second-order valence-corrected chi connectivity index (χ2v) is 5.33. The van der Waals surface area contributed by atoms with Gasteiger partial charge in [-0.2, -0.15) is 0 Å². The van der Waals surface area contributed by atoms with Crippen molar-refractivity contribution in [3.8, 4) is 0 Å². The minimum atomic E-state index is -0.846. The van der Waals surface area contributed by atoms with Gasteiger partial charge in [0.25, 0.3) is 0 Å². The molecule has 0 amide bonds. The van der Waals surface area contributed by atoms with E-state index in [1.807, 2.05) is 0 Å². The van der Waals surface area contributed by atoms with Gasteiger partial charge in [-0.3, -0.25) is 0 Å². The summed E-state index contributed by atoms with van der Waals surface area (Å²) in [5.41, 5.74) is 1.13. The van der Waals surface area contributed by atoms with Gasteiger partial charge in [0.15, 0.2) is 11.6 Å². The van der Waals surface area contributed by atoms with Crippen LogP contribution in [-0.2, 0) is 6.42 Å². The predicted octanol–water partition coefficient (Wildman–Crippen LogP) is 4.77. The first-order chi connectivity index (χ1) is 9.51. The lowest BCUT2D eigenvalue weighted by Gasteiger charge is -2.18. The Labute approximate surface area is 126 Å². The Kier molecular flexibility index (Phi) is 4.97. The molecule has 0 radical (unpaired) electrons. The summed E-state index contributed by atoms with van der Waals surface area (Å²) in [6.07, 6.45) is 0.302. The quantitative estimate of drug-likeness (QED) is 0.856. The van der Waals surface area contributed by atoms with Gasteiger partial charge in [-0.1, -0.05) is 35.3 Å². The van der Waals surface area contributed by atoms with E-state index in [0.717, 1.165) is 11.6 Å². The van der Waals surface area contributed by atoms with Crippen molar-refractivity contribution in [3.05, 3.63) is 69.2 Å². The van der Waals surface area contributed by atoms with Crippen LogP contribution in [-0.4, -0.2) is 7.05 Å². The number of rotatable bonds is 4. The molecule has 0 aliphatic carbocycles. The number of benzene rings is 2. The summed E-state index contributed by atoms with van der Waals surface area (Å²) in [6, 6.07) is 9.09. The molecule has 0 heterocycles. The van der Waals surface area contributed by atoms with Crippen LogP contribution in [0, 0.1) is 11.6 Å². The molecule has 1 atom stereocenters. The molecule has 0 fully saturated rings. The Morgan fingerprint density at radius 2 is 1.75 bits per heavy atom. The fourth-order valence-corrected chi connectivity index (χ4v) is 2.63. The zero-order valence-electron chi connectivity index (χ0n) is 10.8. The minimum absolute atomic E-state index is 0.206. The van der Waals surface area contributed by atoms with Crippen LogP contribution < -0.4 is 5.32 Å². The number of likely N-dealkylation sites (N-methyl/N-ethyl adjacent to an activating group) is 1. The standard InChI is InChI=1S/C15H13Cl2F2N/c1-20-14(10-5-11(16)8-12(17)6-10)7-9-3-2-4-13(18)15(9)19/h2-6,8,14,20H,7H2,1H3. The lowest BCUT2D eigenvalue weighted by atomic mass is 9.98. The van der Waals surface area contributed by atoms with Gasteiger partial charge in [-0.25, -0.2) is 8.78 Å². The zero-order chi connectivity index (χ0) is 14.7. The number of halogens is 4. The molecule has 1 nitrogen and oxygen atoms in total. The summed E-state index contributed by atoms with van der Waals surface area (Å²) in [5.74, 6) is -1.66. The number of nitrogens with one attached hydrogen (secondary N) is 1. The zero-order valence-corrected chi connectivity index (χ0v) is 12.3. The topological polar surface area (TPSA) is 12.0 Å². The Balaban J connectivity index is 2.31. The van der Waals surface area contributed by atoms with Gasteiger partial charge in [-0.15, -0.1) is 0 Å². The third-order valence-corrected chi connectivity index (χ3v) is 3.53. The molecule has 0 aliphatic heterocycles. The third-order valence-electron chi connectivity index (χ3n) is 3.09. The van der Waals surface area contributed by atoms with E-state index in [1.54, 1.807) is 31.3 Å². The molecule has 0 aliphatic rings. The average Bonchev–Trinajstić information content (AvgIpc) is 2.39. The van der Waals surface area contributed by atoms with Crippen molar-refractivity contribution in [2.75, 3.05) is 7.05 Å². The van der Waals surface area contributed by atoms with Crippen LogP contribution in [0.15, 0.2) is 36.4 Å². The minimum Gasteiger partial charge on any atom is -0.313 e. The molecule has 1 N–H and O–H groups in total. The number of hydrogen-bond acceptors (Lipinski definition) is 1. The van der Waals surface area contributed by atoms with Crippen molar-refractivity contribution in [1.29, 1.82) is 0 Å². The van der Waals surface area contributed by atoms with E-state index in [0.29, 0.717) is 22.0 Å². The van der Waals surface area contributed by atoms with Crippen LogP contribution in [0.5, 0.6) is 0 Å². The van der Waals surface area contributed by atoms with Gasteiger partial charge in [0, 0.05) is 16.1 Å². The third kappa shape index (κ3) is 3.48. The molecule has 0 bridgehead atoms. The van der Waals surface area contributed by atoms with Crippen molar-refractivity contribution in [2.45, 2.75) is 12.5 Å². The number of hydrogen-bond donors (Lipinski definition) is 1. The van der Waals surface area contributed by atoms with Crippen LogP contribution in [0.25, 0.3) is 0 Å². The second kappa shape index (κ2) is 6.53. The molecule has 0 spiro atoms. The Morgan fingerprint density at radius 3 is 2.35 bits per heavy atom. The summed E-state index contributed by atoms with van der Waals surface area (Å²) >= 11 is 11.9. The van der Waals surface area contributed by atoms with Crippen LogP contribution in [0.3, 0.4) is 0 Å². The van der Waals surface area contributed by atoms with Gasteiger partial charge >= 0.3 is 0 Å². The van der Waals surface area contributed by atoms with E-state index >= 15 is 0 Å². The normalized spacial score (nSPS) is 12.4. The van der Waals surface area contributed by atoms with Crippen molar-refractivity contribution in [3.63, 3.8) is 0 Å². The van der Waals surface area contributed by atoms with Crippen molar-refractivity contribution in [2.24, 2.45) is 0 Å². The summed E-state index contributed by atoms with van der Waals surface area (Å²) in [4.78, 5) is 0. The van der Waals surface area contributed by atoms with Crippen molar-refractivity contribution >= 4 is 23.2 Å². The maximum absolute atomic E-state index is 13.7. The fraction of sp³-hybridized carbons (Fsp3) is 0.200. The smallest absolute Gasteiger partial charge is 0.162 e. The van der Waals surface area contributed by atoms with Gasteiger partial charge < -0.3 is 5.32 Å². The molecule has 0 aromatic heterocycles. The molecule has 1 unspecified atom stereocenters. The highest BCUT2D eigenvalue weighted by Gasteiger charge is 2.15. The molecule has 0 saturated carbocycles. The first kappa shape index (κ1) is 15.2. The monoisotopic (exact) mass is 315 g/mol. The molecule has 106 valence electrons. The maximum Gasteiger partial charge on any atom is 0.162 e. The van der Waals surface area contributed by atoms with Crippen LogP contribution in [0.4, 0.5) is 8.78 Å². The molecule has 20 heavy (non-hydrogen) atoms. The van der Waals surface area contributed by atoms with E-state index in [4.69, 9.17) is 23.2 Å². The summed E-state index contributed by atoms with van der Waals surface area (Å²) in [7, 11) is 1.75. The maximum atomic E-state index is 13.7. The van der Waals surface area contributed by atoms with Gasteiger partial charge in [0.2, 0.25) is 0 Å². The molecule has 5 heteroatoms. The Morgan fingerprint density at radius 1 is 1.10 bits per heavy atom. The summed E-state index contributed by atoms with van der Waals surface area (Å²) in [6.45, 7) is 0. The molecule has 0 saturated heterocycles. The lowest BCUT2D eigenvalue weighted by molar-refractivity contribution is 0.487. The van der Waals surface area contributed by atoms with E-state index < -0.39 is 11.6 Å². The first-order valence-corrected chi connectivity index (χ1v) is 6.83. The SMILES string of the molecule is CNC(Cc1cccc(F)c1F)c1cc(Cl)cc(Cl)c1. The molecular weight excluding hydrogens is 303 g/mol. The summed E-state index contributed by atoms with van der Waals surface area (Å²) < 4.78 is 26.9. The predicted molar refractivity (Wildman–Crippen MR) is 78.3 cm³/mol. The highest BCUT2D eigenvalue weighted by molar-refractivity contribution is 6.34. The average molecular weight is 316 g/mol. The van der Waals surface area contributed by atoms with E-state index in [2.05, 4.69) is 5.32 Å². The van der Waals surface area contributed by atoms with Gasteiger partial charge in [0.1, 0.15) is 0 Å². The fourth-order valence-electron chi connectivity index (χ4n) is 2.09. The van der Waals surface area contributed by atoms with Crippen molar-refractivity contribution in [1.82, 2.24) is 5.32 Å². The highest BCUT2D eigenvalue weighted by atomic mass is 35.5. The molecule has 2 aromatic rings. The van der Waals surface area contributed by atoms with Crippen LogP contribution in [0.2, 0.25) is 10.0 Å². The van der Waals surface area contributed by atoms with Crippen LogP contribution in [0.1, 0.15) is 17.2 Å². The summed E-state index contributed by atoms with van der Waals surface area (Å²) in [5, 5.41) is 4.08. The van der Waals surface area contributed by atoms with Gasteiger partial charge in [0.05, 0.1) is 0 Å². The van der Waals surface area contributed by atoms with E-state index in [-0.39, 0.29) is 6.04 Å². The van der Waals surface area contributed by atoms with Crippen LogP contribution >= 0.6 is 23.2 Å².